The van der Waals surface area contributed by atoms with Gasteiger partial charge in [0.2, 0.25) is 0 Å². The van der Waals surface area contributed by atoms with Crippen LogP contribution in [0.5, 0.6) is 0 Å². The van der Waals surface area contributed by atoms with Gasteiger partial charge in [-0.1, -0.05) is 22.0 Å². The second-order valence-electron chi connectivity index (χ2n) is 3.18. The van der Waals surface area contributed by atoms with Gasteiger partial charge >= 0.3 is 5.97 Å². The van der Waals surface area contributed by atoms with Gasteiger partial charge in [0.1, 0.15) is 11.9 Å². The first-order chi connectivity index (χ1) is 7.00. The van der Waals surface area contributed by atoms with E-state index in [-0.39, 0.29) is 5.82 Å². The standard InChI is InChI=1S/C10H11BrFNO2/c1-6(10(14)15)13-5-7-2-3-8(12)4-9(7)11/h2-4,6,13H,5H2,1H3,(H,14,15)/t6-/m0/s1. The third kappa shape index (κ3) is 3.60. The van der Waals surface area contributed by atoms with Crippen molar-refractivity contribution >= 4 is 21.9 Å². The second-order valence-corrected chi connectivity index (χ2v) is 4.03. The van der Waals surface area contributed by atoms with E-state index in [0.717, 1.165) is 5.56 Å². The molecule has 0 aromatic heterocycles. The van der Waals surface area contributed by atoms with Crippen LogP contribution in [0.4, 0.5) is 4.39 Å². The monoisotopic (exact) mass is 275 g/mol. The van der Waals surface area contributed by atoms with Crippen LogP contribution in [0.3, 0.4) is 0 Å². The van der Waals surface area contributed by atoms with E-state index in [1.807, 2.05) is 0 Å². The minimum atomic E-state index is -0.909. The van der Waals surface area contributed by atoms with Gasteiger partial charge in [0, 0.05) is 11.0 Å². The Kier molecular flexibility index (Phi) is 4.23. The minimum absolute atomic E-state index is 0.322. The number of rotatable bonds is 4. The van der Waals surface area contributed by atoms with Gasteiger partial charge in [0.15, 0.2) is 0 Å². The van der Waals surface area contributed by atoms with Gasteiger partial charge in [0.05, 0.1) is 0 Å². The van der Waals surface area contributed by atoms with Crippen LogP contribution in [0.25, 0.3) is 0 Å². The first-order valence-electron chi connectivity index (χ1n) is 4.41. The summed E-state index contributed by atoms with van der Waals surface area (Å²) in [5.41, 5.74) is 0.824. The van der Waals surface area contributed by atoms with Crippen molar-refractivity contribution < 1.29 is 14.3 Å². The number of carboxylic acids is 1. The third-order valence-electron chi connectivity index (χ3n) is 1.98. The average molecular weight is 276 g/mol. The van der Waals surface area contributed by atoms with Gasteiger partial charge in [-0.2, -0.15) is 0 Å². The van der Waals surface area contributed by atoms with Crippen molar-refractivity contribution in [2.75, 3.05) is 0 Å². The van der Waals surface area contributed by atoms with Crippen molar-refractivity contribution in [2.45, 2.75) is 19.5 Å². The minimum Gasteiger partial charge on any atom is -0.480 e. The molecular formula is C10H11BrFNO2. The Balaban J connectivity index is 2.62. The zero-order valence-corrected chi connectivity index (χ0v) is 9.71. The molecule has 82 valence electrons. The smallest absolute Gasteiger partial charge is 0.320 e. The molecule has 1 aromatic rings. The van der Waals surface area contributed by atoms with Crippen LogP contribution in [0.2, 0.25) is 0 Å². The van der Waals surface area contributed by atoms with Gasteiger partial charge in [-0.05, 0) is 24.6 Å². The highest BCUT2D eigenvalue weighted by atomic mass is 79.9. The highest BCUT2D eigenvalue weighted by molar-refractivity contribution is 9.10. The number of nitrogens with one attached hydrogen (secondary N) is 1. The first-order valence-corrected chi connectivity index (χ1v) is 5.20. The zero-order valence-electron chi connectivity index (χ0n) is 8.13. The molecule has 0 aliphatic carbocycles. The lowest BCUT2D eigenvalue weighted by Gasteiger charge is -2.10. The van der Waals surface area contributed by atoms with E-state index in [2.05, 4.69) is 21.2 Å². The predicted molar refractivity (Wildman–Crippen MR) is 58.0 cm³/mol. The summed E-state index contributed by atoms with van der Waals surface area (Å²) in [5, 5.41) is 11.4. The largest absolute Gasteiger partial charge is 0.480 e. The normalized spacial score (nSPS) is 12.5. The molecule has 0 saturated carbocycles. The lowest BCUT2D eigenvalue weighted by atomic mass is 10.2. The molecule has 0 saturated heterocycles. The summed E-state index contributed by atoms with van der Waals surface area (Å²) in [6, 6.07) is 3.68. The Bertz CT molecular complexity index is 370. The number of carbonyl (C=O) groups is 1. The molecule has 0 aliphatic rings. The Labute approximate surface area is 95.4 Å². The quantitative estimate of drug-likeness (QED) is 0.885. The molecule has 2 N–H and O–H groups in total. The van der Waals surface area contributed by atoms with Crippen molar-refractivity contribution in [3.05, 3.63) is 34.1 Å². The summed E-state index contributed by atoms with van der Waals surface area (Å²) in [5.74, 6) is -1.23. The number of aliphatic carboxylic acids is 1. The summed E-state index contributed by atoms with van der Waals surface area (Å²) in [4.78, 5) is 10.5. The van der Waals surface area contributed by atoms with Crippen molar-refractivity contribution in [3.8, 4) is 0 Å². The maximum absolute atomic E-state index is 12.7. The van der Waals surface area contributed by atoms with E-state index in [1.165, 1.54) is 12.1 Å². The van der Waals surface area contributed by atoms with Crippen LogP contribution in [0.1, 0.15) is 12.5 Å². The van der Waals surface area contributed by atoms with Crippen LogP contribution >= 0.6 is 15.9 Å². The zero-order chi connectivity index (χ0) is 11.4. The molecule has 0 aliphatic heterocycles. The highest BCUT2D eigenvalue weighted by Gasteiger charge is 2.10. The maximum Gasteiger partial charge on any atom is 0.320 e. The molecule has 15 heavy (non-hydrogen) atoms. The molecule has 5 heteroatoms. The van der Waals surface area contributed by atoms with E-state index < -0.39 is 12.0 Å². The number of halogens is 2. The molecule has 0 bridgehead atoms. The van der Waals surface area contributed by atoms with Crippen molar-refractivity contribution in [1.29, 1.82) is 0 Å². The van der Waals surface area contributed by atoms with Gasteiger partial charge in [-0.15, -0.1) is 0 Å². The SMILES string of the molecule is C[C@H](NCc1ccc(F)cc1Br)C(=O)O. The fourth-order valence-electron chi connectivity index (χ4n) is 1.02. The van der Waals surface area contributed by atoms with Crippen LogP contribution in [-0.4, -0.2) is 17.1 Å². The van der Waals surface area contributed by atoms with E-state index in [1.54, 1.807) is 13.0 Å². The Morgan fingerprint density at radius 1 is 1.67 bits per heavy atom. The van der Waals surface area contributed by atoms with Gasteiger partial charge in [-0.3, -0.25) is 4.79 Å². The van der Waals surface area contributed by atoms with E-state index in [0.29, 0.717) is 11.0 Å². The van der Waals surface area contributed by atoms with E-state index in [4.69, 9.17) is 5.11 Å². The summed E-state index contributed by atoms with van der Waals surface area (Å²) in [6.45, 7) is 1.94. The third-order valence-corrected chi connectivity index (χ3v) is 2.72. The Morgan fingerprint density at radius 3 is 2.87 bits per heavy atom. The number of benzene rings is 1. The molecule has 0 fully saturated rings. The molecule has 1 aromatic carbocycles. The molecule has 0 spiro atoms. The second kappa shape index (κ2) is 5.23. The first kappa shape index (κ1) is 12.1. The van der Waals surface area contributed by atoms with Crippen molar-refractivity contribution in [2.24, 2.45) is 0 Å². The summed E-state index contributed by atoms with van der Waals surface area (Å²) >= 11 is 3.21. The topological polar surface area (TPSA) is 49.3 Å². The highest BCUT2D eigenvalue weighted by Crippen LogP contribution is 2.17. The van der Waals surface area contributed by atoms with Crippen molar-refractivity contribution in [1.82, 2.24) is 5.32 Å². The van der Waals surface area contributed by atoms with Crippen LogP contribution < -0.4 is 5.32 Å². The molecule has 0 amide bonds. The molecular weight excluding hydrogens is 265 g/mol. The van der Waals surface area contributed by atoms with Gasteiger partial charge < -0.3 is 10.4 Å². The lowest BCUT2D eigenvalue weighted by molar-refractivity contribution is -0.139. The maximum atomic E-state index is 12.7. The number of hydrogen-bond acceptors (Lipinski definition) is 2. The van der Waals surface area contributed by atoms with Crippen molar-refractivity contribution in [3.63, 3.8) is 0 Å². The lowest BCUT2D eigenvalue weighted by Crippen LogP contribution is -2.33. The Hall–Kier alpha value is -0.940. The summed E-state index contributed by atoms with van der Waals surface area (Å²) < 4.78 is 13.4. The predicted octanol–water partition coefficient (Wildman–Crippen LogP) is 2.15. The number of hydrogen-bond donors (Lipinski definition) is 2. The molecule has 0 heterocycles. The molecule has 0 radical (unpaired) electrons. The van der Waals surface area contributed by atoms with Gasteiger partial charge in [0.25, 0.3) is 0 Å². The van der Waals surface area contributed by atoms with Crippen LogP contribution in [0.15, 0.2) is 22.7 Å². The Morgan fingerprint density at radius 2 is 2.33 bits per heavy atom. The fraction of sp³-hybridized carbons (Fsp3) is 0.300. The molecule has 3 nitrogen and oxygen atoms in total. The van der Waals surface area contributed by atoms with Gasteiger partial charge in [-0.25, -0.2) is 4.39 Å². The van der Waals surface area contributed by atoms with Crippen LogP contribution in [-0.2, 0) is 11.3 Å². The van der Waals surface area contributed by atoms with E-state index in [9.17, 15) is 9.18 Å². The van der Waals surface area contributed by atoms with E-state index >= 15 is 0 Å². The molecule has 1 rings (SSSR count). The average Bonchev–Trinajstić information content (AvgIpc) is 2.15. The summed E-state index contributed by atoms with van der Waals surface area (Å²) in [7, 11) is 0. The number of carboxylic acid groups (broad SMARTS) is 1. The fourth-order valence-corrected chi connectivity index (χ4v) is 1.51. The molecule has 1 atom stereocenters. The van der Waals surface area contributed by atoms with Crippen LogP contribution in [0, 0.1) is 5.82 Å². The molecule has 0 unspecified atom stereocenters. The summed E-state index contributed by atoms with van der Waals surface area (Å²) in [6.07, 6.45) is 0.